The van der Waals surface area contributed by atoms with Crippen molar-refractivity contribution in [1.82, 2.24) is 14.8 Å². The lowest BCUT2D eigenvalue weighted by Crippen LogP contribution is -2.32. The van der Waals surface area contributed by atoms with Gasteiger partial charge in [-0.05, 0) is 24.5 Å². The van der Waals surface area contributed by atoms with Crippen LogP contribution in [0.3, 0.4) is 0 Å². The number of fused-ring (bicyclic) bond motifs is 1. The number of amides is 1. The van der Waals surface area contributed by atoms with Gasteiger partial charge in [0.15, 0.2) is 5.78 Å². The number of nitrogens with zero attached hydrogens (tertiary/aromatic N) is 3. The molecule has 3 heterocycles. The molecule has 4 rings (SSSR count). The molecule has 3 N–H and O–H groups in total. The molecule has 1 aliphatic carbocycles. The number of aromatic nitrogens is 3. The third-order valence-electron chi connectivity index (χ3n) is 4.30. The van der Waals surface area contributed by atoms with Crippen molar-refractivity contribution in [3.05, 3.63) is 53.1 Å². The number of ketones is 1. The smallest absolute Gasteiger partial charge is 0.254 e. The average Bonchev–Trinajstić information content (AvgIpc) is 2.97. The van der Waals surface area contributed by atoms with Gasteiger partial charge in [-0.15, -0.1) is 0 Å². The Morgan fingerprint density at radius 2 is 2.22 bits per heavy atom. The first-order valence-corrected chi connectivity index (χ1v) is 7.47. The van der Waals surface area contributed by atoms with Gasteiger partial charge in [-0.1, -0.05) is 6.07 Å². The number of carbonyl (C=O) groups is 2. The van der Waals surface area contributed by atoms with Gasteiger partial charge >= 0.3 is 0 Å². The van der Waals surface area contributed by atoms with Crippen LogP contribution >= 0.6 is 0 Å². The molecular formula is C16H15N5O2. The van der Waals surface area contributed by atoms with E-state index in [4.69, 9.17) is 5.73 Å². The van der Waals surface area contributed by atoms with Gasteiger partial charge in [0, 0.05) is 30.1 Å². The summed E-state index contributed by atoms with van der Waals surface area (Å²) in [6.45, 7) is 0. The van der Waals surface area contributed by atoms with E-state index in [1.54, 1.807) is 17.1 Å². The van der Waals surface area contributed by atoms with E-state index in [0.29, 0.717) is 23.4 Å². The summed E-state index contributed by atoms with van der Waals surface area (Å²) in [5.74, 6) is 0.101. The molecule has 2 aromatic heterocycles. The number of Topliss-reactive ketones (excluding diaryl/α,β-unsaturated/α-hetero) is 1. The second-order valence-electron chi connectivity index (χ2n) is 5.70. The van der Waals surface area contributed by atoms with Crippen LogP contribution in [0.5, 0.6) is 0 Å². The molecule has 23 heavy (non-hydrogen) atoms. The standard InChI is InChI=1S/C16H15N5O2/c17-15(23)10-8-19-21-14(9-3-2-6-18-7-9)13-11(20-16(10)21)4-1-5-12(13)22/h2-3,6-8,14,20H,1,4-5H2,(H2,17,23)/t14-/m0/s1. The quantitative estimate of drug-likeness (QED) is 0.873. The number of primary amides is 1. The number of nitrogens with two attached hydrogens (primary N) is 1. The lowest BCUT2D eigenvalue weighted by molar-refractivity contribution is -0.116. The van der Waals surface area contributed by atoms with Gasteiger partial charge in [-0.25, -0.2) is 4.68 Å². The van der Waals surface area contributed by atoms with Crippen LogP contribution in [0.15, 0.2) is 42.0 Å². The van der Waals surface area contributed by atoms with Crippen LogP contribution in [0, 0.1) is 0 Å². The molecule has 1 amide bonds. The van der Waals surface area contributed by atoms with Crippen LogP contribution in [0.2, 0.25) is 0 Å². The normalized spacial score (nSPS) is 19.8. The molecule has 116 valence electrons. The minimum atomic E-state index is -0.546. The molecule has 0 saturated carbocycles. The van der Waals surface area contributed by atoms with Crippen LogP contribution in [0.1, 0.15) is 41.2 Å². The van der Waals surface area contributed by atoms with Crippen molar-refractivity contribution < 1.29 is 9.59 Å². The summed E-state index contributed by atoms with van der Waals surface area (Å²) in [4.78, 5) is 28.3. The highest BCUT2D eigenvalue weighted by atomic mass is 16.1. The molecule has 0 unspecified atom stereocenters. The zero-order valence-corrected chi connectivity index (χ0v) is 12.3. The highest BCUT2D eigenvalue weighted by Crippen LogP contribution is 2.41. The van der Waals surface area contributed by atoms with Crippen LogP contribution in [-0.2, 0) is 4.79 Å². The van der Waals surface area contributed by atoms with E-state index in [1.807, 2.05) is 12.1 Å². The largest absolute Gasteiger partial charge is 0.365 e. The Labute approximate surface area is 132 Å². The third kappa shape index (κ3) is 2.04. The molecule has 0 spiro atoms. The Morgan fingerprint density at radius 3 is 2.96 bits per heavy atom. The van der Waals surface area contributed by atoms with Crippen molar-refractivity contribution in [2.45, 2.75) is 25.3 Å². The molecule has 0 saturated heterocycles. The molecule has 2 aromatic rings. The van der Waals surface area contributed by atoms with Crippen molar-refractivity contribution in [3.63, 3.8) is 0 Å². The van der Waals surface area contributed by atoms with Crippen molar-refractivity contribution in [1.29, 1.82) is 0 Å². The number of nitrogens with one attached hydrogen (secondary N) is 1. The Bertz CT molecular complexity index is 837. The number of allylic oxidation sites excluding steroid dienone is 2. The summed E-state index contributed by atoms with van der Waals surface area (Å²) >= 11 is 0. The summed E-state index contributed by atoms with van der Waals surface area (Å²) in [5.41, 5.74) is 8.17. The van der Waals surface area contributed by atoms with Gasteiger partial charge < -0.3 is 11.1 Å². The molecule has 0 radical (unpaired) electrons. The van der Waals surface area contributed by atoms with Crippen molar-refractivity contribution in [2.75, 3.05) is 5.32 Å². The fraction of sp³-hybridized carbons (Fsp3) is 0.250. The van der Waals surface area contributed by atoms with Crippen molar-refractivity contribution >= 4 is 17.5 Å². The third-order valence-corrected chi connectivity index (χ3v) is 4.30. The van der Waals surface area contributed by atoms with Crippen LogP contribution < -0.4 is 11.1 Å². The maximum atomic E-state index is 12.5. The number of hydrogen-bond donors (Lipinski definition) is 2. The SMILES string of the molecule is NC(=O)c1cnn2c1NC1=C(C(=O)CCC1)[C@@H]2c1cccnc1. The van der Waals surface area contributed by atoms with E-state index in [1.165, 1.54) is 6.20 Å². The molecule has 0 bridgehead atoms. The predicted molar refractivity (Wildman–Crippen MR) is 82.6 cm³/mol. The maximum absolute atomic E-state index is 12.5. The molecule has 7 nitrogen and oxygen atoms in total. The van der Waals surface area contributed by atoms with E-state index < -0.39 is 5.91 Å². The predicted octanol–water partition coefficient (Wildman–Crippen LogP) is 1.40. The lowest BCUT2D eigenvalue weighted by Gasteiger charge is -2.33. The van der Waals surface area contributed by atoms with Gasteiger partial charge in [-0.3, -0.25) is 14.6 Å². The van der Waals surface area contributed by atoms with E-state index >= 15 is 0 Å². The summed E-state index contributed by atoms with van der Waals surface area (Å²) in [5, 5.41) is 7.50. The van der Waals surface area contributed by atoms with E-state index in [2.05, 4.69) is 15.4 Å². The number of rotatable bonds is 2. The Morgan fingerprint density at radius 1 is 1.35 bits per heavy atom. The Balaban J connectivity index is 1.95. The second-order valence-corrected chi connectivity index (χ2v) is 5.70. The molecule has 0 aromatic carbocycles. The molecule has 0 fully saturated rings. The van der Waals surface area contributed by atoms with Gasteiger partial charge in [0.1, 0.15) is 17.4 Å². The first kappa shape index (κ1) is 13.7. The number of carbonyl (C=O) groups excluding carboxylic acids is 2. The molecule has 7 heteroatoms. The summed E-state index contributed by atoms with van der Waals surface area (Å²) in [6.07, 6.45) is 6.93. The fourth-order valence-corrected chi connectivity index (χ4v) is 3.28. The summed E-state index contributed by atoms with van der Waals surface area (Å²) < 4.78 is 1.65. The zero-order valence-electron chi connectivity index (χ0n) is 12.3. The fourth-order valence-electron chi connectivity index (χ4n) is 3.28. The monoisotopic (exact) mass is 309 g/mol. The van der Waals surface area contributed by atoms with Crippen molar-refractivity contribution in [3.8, 4) is 0 Å². The van der Waals surface area contributed by atoms with E-state index in [9.17, 15) is 9.59 Å². The maximum Gasteiger partial charge on any atom is 0.254 e. The lowest BCUT2D eigenvalue weighted by atomic mass is 9.86. The van der Waals surface area contributed by atoms with E-state index in [-0.39, 0.29) is 11.8 Å². The van der Waals surface area contributed by atoms with Crippen LogP contribution in [0.4, 0.5) is 5.82 Å². The number of hydrogen-bond acceptors (Lipinski definition) is 5. The van der Waals surface area contributed by atoms with Crippen molar-refractivity contribution in [2.24, 2.45) is 5.73 Å². The summed E-state index contributed by atoms with van der Waals surface area (Å²) in [7, 11) is 0. The topological polar surface area (TPSA) is 103 Å². The highest BCUT2D eigenvalue weighted by Gasteiger charge is 2.37. The molecule has 1 aliphatic heterocycles. The minimum absolute atomic E-state index is 0.106. The zero-order chi connectivity index (χ0) is 16.0. The van der Waals surface area contributed by atoms with E-state index in [0.717, 1.165) is 24.1 Å². The first-order valence-electron chi connectivity index (χ1n) is 7.47. The summed E-state index contributed by atoms with van der Waals surface area (Å²) in [6, 6.07) is 3.35. The molecular weight excluding hydrogens is 294 g/mol. The Hall–Kier alpha value is -2.96. The number of anilines is 1. The Kier molecular flexibility index (Phi) is 3.00. The van der Waals surface area contributed by atoms with Crippen LogP contribution in [0.25, 0.3) is 0 Å². The molecule has 2 aliphatic rings. The van der Waals surface area contributed by atoms with Gasteiger partial charge in [0.2, 0.25) is 0 Å². The first-order chi connectivity index (χ1) is 11.2. The van der Waals surface area contributed by atoms with Crippen LogP contribution in [-0.4, -0.2) is 26.5 Å². The average molecular weight is 309 g/mol. The molecule has 1 atom stereocenters. The number of pyridine rings is 1. The highest BCUT2D eigenvalue weighted by molar-refractivity contribution is 6.02. The van der Waals surface area contributed by atoms with Gasteiger partial charge in [-0.2, -0.15) is 5.10 Å². The second kappa shape index (κ2) is 5.05. The van der Waals surface area contributed by atoms with Gasteiger partial charge in [0.25, 0.3) is 5.91 Å². The van der Waals surface area contributed by atoms with Gasteiger partial charge in [0.05, 0.1) is 6.20 Å². The minimum Gasteiger partial charge on any atom is -0.365 e.